The fourth-order valence-corrected chi connectivity index (χ4v) is 0.929. The van der Waals surface area contributed by atoms with Gasteiger partial charge >= 0.3 is 7.82 Å². The highest BCUT2D eigenvalue weighted by atomic mass is 31.2. The molecule has 0 bridgehead atoms. The molecule has 0 spiro atoms. The Labute approximate surface area is 66.1 Å². The minimum absolute atomic E-state index is 0.792. The van der Waals surface area contributed by atoms with Crippen LogP contribution in [0.5, 0.6) is 0 Å². The van der Waals surface area contributed by atoms with Gasteiger partial charge in [0.1, 0.15) is 0 Å². The van der Waals surface area contributed by atoms with Gasteiger partial charge in [0.15, 0.2) is 0 Å². The van der Waals surface area contributed by atoms with Gasteiger partial charge in [0.25, 0.3) is 0 Å². The molecule has 0 heterocycles. The Hall–Kier alpha value is -0.310. The van der Waals surface area contributed by atoms with Crippen molar-refractivity contribution in [2.75, 3.05) is 0 Å². The zero-order valence-corrected chi connectivity index (χ0v) is 7.54. The summed E-state index contributed by atoms with van der Waals surface area (Å²) in [5, 5.41) is 0. The smallest absolute Gasteiger partial charge is 0.412 e. The molecule has 0 saturated carbocycles. The maximum atomic E-state index is 10.2. The van der Waals surface area contributed by atoms with Gasteiger partial charge in [-0.1, -0.05) is 13.3 Å². The number of phosphoric ester groups is 1. The molecule has 0 atom stereocenters. The SMILES string of the molecule is CCCC(C)=COP(=O)(O)O. The Kier molecular flexibility index (Phi) is 4.42. The second-order valence-corrected chi connectivity index (χ2v) is 3.50. The van der Waals surface area contributed by atoms with E-state index in [0.717, 1.165) is 24.7 Å². The largest absolute Gasteiger partial charge is 0.524 e. The molecule has 66 valence electrons. The number of hydrogen-bond acceptors (Lipinski definition) is 2. The molecule has 0 fully saturated rings. The van der Waals surface area contributed by atoms with Crippen LogP contribution in [-0.4, -0.2) is 9.79 Å². The second-order valence-electron chi connectivity index (χ2n) is 2.31. The summed E-state index contributed by atoms with van der Waals surface area (Å²) in [5.41, 5.74) is 0.829. The van der Waals surface area contributed by atoms with Crippen molar-refractivity contribution in [3.63, 3.8) is 0 Å². The first-order valence-corrected chi connectivity index (χ1v) is 4.88. The predicted octanol–water partition coefficient (Wildman–Crippen LogP) is 1.80. The Balaban J connectivity index is 3.83. The van der Waals surface area contributed by atoms with Crippen LogP contribution >= 0.6 is 7.82 Å². The molecule has 0 rings (SSSR count). The van der Waals surface area contributed by atoms with Crippen molar-refractivity contribution < 1.29 is 18.9 Å². The summed E-state index contributed by atoms with van der Waals surface area (Å²) in [6, 6.07) is 0. The Bertz CT molecular complexity index is 181. The maximum absolute atomic E-state index is 10.2. The first-order valence-electron chi connectivity index (χ1n) is 3.35. The number of phosphoric acid groups is 1. The van der Waals surface area contributed by atoms with Crippen LogP contribution in [0.4, 0.5) is 0 Å². The van der Waals surface area contributed by atoms with Crippen LogP contribution in [0.15, 0.2) is 11.8 Å². The molecule has 0 aromatic heterocycles. The molecule has 0 aromatic carbocycles. The van der Waals surface area contributed by atoms with Crippen LogP contribution in [0.1, 0.15) is 26.7 Å². The summed E-state index contributed by atoms with van der Waals surface area (Å²) < 4.78 is 14.3. The highest BCUT2D eigenvalue weighted by molar-refractivity contribution is 7.46. The van der Waals surface area contributed by atoms with Gasteiger partial charge in [0.05, 0.1) is 6.26 Å². The second kappa shape index (κ2) is 4.54. The topological polar surface area (TPSA) is 66.8 Å². The summed E-state index contributed by atoms with van der Waals surface area (Å²) in [6.07, 6.45) is 2.84. The molecule has 0 aliphatic rings. The van der Waals surface area contributed by atoms with Crippen molar-refractivity contribution in [2.45, 2.75) is 26.7 Å². The third kappa shape index (κ3) is 7.59. The van der Waals surface area contributed by atoms with Gasteiger partial charge in [-0.15, -0.1) is 0 Å². The van der Waals surface area contributed by atoms with Crippen molar-refractivity contribution >= 4 is 7.82 Å². The van der Waals surface area contributed by atoms with Gasteiger partial charge < -0.3 is 4.52 Å². The molecule has 0 saturated heterocycles. The highest BCUT2D eigenvalue weighted by Crippen LogP contribution is 2.36. The Morgan fingerprint density at radius 1 is 1.64 bits per heavy atom. The third-order valence-electron chi connectivity index (χ3n) is 1.04. The molecule has 0 amide bonds. The lowest BCUT2D eigenvalue weighted by molar-refractivity contribution is 0.257. The lowest BCUT2D eigenvalue weighted by Crippen LogP contribution is -1.81. The van der Waals surface area contributed by atoms with Crippen LogP contribution in [0.2, 0.25) is 0 Å². The molecule has 0 aromatic rings. The van der Waals surface area contributed by atoms with E-state index in [9.17, 15) is 4.57 Å². The van der Waals surface area contributed by atoms with Crippen molar-refractivity contribution in [3.05, 3.63) is 11.8 Å². The van der Waals surface area contributed by atoms with Crippen LogP contribution in [0.25, 0.3) is 0 Å². The molecular formula is C6H13O4P. The van der Waals surface area contributed by atoms with Gasteiger partial charge in [-0.25, -0.2) is 4.57 Å². The quantitative estimate of drug-likeness (QED) is 0.511. The van der Waals surface area contributed by atoms with Crippen LogP contribution in [0, 0.1) is 0 Å². The van der Waals surface area contributed by atoms with E-state index < -0.39 is 7.82 Å². The van der Waals surface area contributed by atoms with Gasteiger partial charge in [-0.2, -0.15) is 0 Å². The molecule has 0 aliphatic heterocycles. The number of hydrogen-bond donors (Lipinski definition) is 2. The minimum atomic E-state index is -4.32. The monoisotopic (exact) mass is 180 g/mol. The molecule has 0 aliphatic carbocycles. The van der Waals surface area contributed by atoms with Crippen molar-refractivity contribution in [1.82, 2.24) is 0 Å². The standard InChI is InChI=1S/C6H13O4P/c1-3-4-6(2)5-10-11(7,8)9/h5H,3-4H2,1-2H3,(H2,7,8,9). The Morgan fingerprint density at radius 3 is 2.55 bits per heavy atom. The molecule has 4 nitrogen and oxygen atoms in total. The molecule has 0 radical (unpaired) electrons. The van der Waals surface area contributed by atoms with E-state index in [1.54, 1.807) is 6.92 Å². The summed E-state index contributed by atoms with van der Waals surface area (Å²) in [4.78, 5) is 16.6. The van der Waals surface area contributed by atoms with E-state index in [1.807, 2.05) is 6.92 Å². The summed E-state index contributed by atoms with van der Waals surface area (Å²) in [7, 11) is -4.32. The fourth-order valence-electron chi connectivity index (χ4n) is 0.612. The molecule has 11 heavy (non-hydrogen) atoms. The lowest BCUT2D eigenvalue weighted by atomic mass is 10.2. The lowest BCUT2D eigenvalue weighted by Gasteiger charge is -2.02. The molecule has 5 heteroatoms. The first-order chi connectivity index (χ1) is 4.95. The van der Waals surface area contributed by atoms with E-state index in [-0.39, 0.29) is 0 Å². The van der Waals surface area contributed by atoms with Gasteiger partial charge in [-0.05, 0) is 18.9 Å². The normalized spacial score (nSPS) is 13.3. The van der Waals surface area contributed by atoms with Gasteiger partial charge in [0.2, 0.25) is 0 Å². The van der Waals surface area contributed by atoms with Crippen molar-refractivity contribution in [2.24, 2.45) is 0 Å². The highest BCUT2D eigenvalue weighted by Gasteiger charge is 2.11. The number of rotatable bonds is 4. The third-order valence-corrected chi connectivity index (χ3v) is 1.42. The van der Waals surface area contributed by atoms with E-state index in [4.69, 9.17) is 9.79 Å². The summed E-state index contributed by atoms with van der Waals surface area (Å²) in [6.45, 7) is 3.74. The first kappa shape index (κ1) is 10.7. The minimum Gasteiger partial charge on any atom is -0.412 e. The predicted molar refractivity (Wildman–Crippen MR) is 41.8 cm³/mol. The maximum Gasteiger partial charge on any atom is 0.524 e. The number of allylic oxidation sites excluding steroid dienone is 1. The van der Waals surface area contributed by atoms with Gasteiger partial charge in [0, 0.05) is 0 Å². The zero-order valence-electron chi connectivity index (χ0n) is 6.65. The summed E-state index contributed by atoms with van der Waals surface area (Å²) in [5.74, 6) is 0. The summed E-state index contributed by atoms with van der Waals surface area (Å²) >= 11 is 0. The average molecular weight is 180 g/mol. The van der Waals surface area contributed by atoms with E-state index in [2.05, 4.69) is 4.52 Å². The molecule has 0 unspecified atom stereocenters. The van der Waals surface area contributed by atoms with E-state index in [1.165, 1.54) is 0 Å². The van der Waals surface area contributed by atoms with Gasteiger partial charge in [-0.3, -0.25) is 9.79 Å². The zero-order chi connectivity index (χ0) is 8.91. The van der Waals surface area contributed by atoms with E-state index in [0.29, 0.717) is 0 Å². The van der Waals surface area contributed by atoms with Crippen LogP contribution in [0.3, 0.4) is 0 Å². The molecule has 2 N–H and O–H groups in total. The molecular weight excluding hydrogens is 167 g/mol. The Morgan fingerprint density at radius 2 is 2.18 bits per heavy atom. The van der Waals surface area contributed by atoms with E-state index >= 15 is 0 Å². The van der Waals surface area contributed by atoms with Crippen LogP contribution in [-0.2, 0) is 9.09 Å². The van der Waals surface area contributed by atoms with Crippen molar-refractivity contribution in [3.8, 4) is 0 Å². The van der Waals surface area contributed by atoms with Crippen molar-refractivity contribution in [1.29, 1.82) is 0 Å². The fraction of sp³-hybridized carbons (Fsp3) is 0.667. The van der Waals surface area contributed by atoms with Crippen LogP contribution < -0.4 is 0 Å². The average Bonchev–Trinajstić information content (AvgIpc) is 1.83.